The third kappa shape index (κ3) is 5.49. The molecule has 28 heavy (non-hydrogen) atoms. The maximum atomic E-state index is 12.5. The van der Waals surface area contributed by atoms with E-state index in [0.717, 1.165) is 29.2 Å². The van der Waals surface area contributed by atoms with Crippen molar-refractivity contribution in [3.63, 3.8) is 0 Å². The van der Waals surface area contributed by atoms with Crippen LogP contribution in [0.3, 0.4) is 0 Å². The van der Waals surface area contributed by atoms with Crippen molar-refractivity contribution in [1.82, 2.24) is 20.0 Å². The van der Waals surface area contributed by atoms with Crippen molar-refractivity contribution in [2.75, 3.05) is 13.1 Å². The lowest BCUT2D eigenvalue weighted by atomic mass is 10.1. The van der Waals surface area contributed by atoms with E-state index in [4.69, 9.17) is 23.2 Å². The molecule has 154 valence electrons. The number of rotatable bonds is 8. The fourth-order valence-corrected chi connectivity index (χ4v) is 3.97. The number of hydrogen-bond donors (Lipinski definition) is 1. The van der Waals surface area contributed by atoms with E-state index in [1.54, 1.807) is 16.8 Å². The molecule has 1 aromatic heterocycles. The molecule has 0 aliphatic heterocycles. The molecule has 0 fully saturated rings. The van der Waals surface area contributed by atoms with Crippen LogP contribution in [0, 0.1) is 13.8 Å². The van der Waals surface area contributed by atoms with Crippen LogP contribution in [0.2, 0.25) is 10.0 Å². The van der Waals surface area contributed by atoms with E-state index in [1.807, 2.05) is 19.9 Å². The van der Waals surface area contributed by atoms with Crippen LogP contribution in [-0.2, 0) is 11.2 Å². The van der Waals surface area contributed by atoms with Gasteiger partial charge in [0.1, 0.15) is 0 Å². The number of aryl methyl sites for hydroxylation is 1. The van der Waals surface area contributed by atoms with Gasteiger partial charge in [0, 0.05) is 41.5 Å². The highest BCUT2D eigenvalue weighted by molar-refractivity contribution is 6.35. The smallest absolute Gasteiger partial charge is 0.224 e. The van der Waals surface area contributed by atoms with Gasteiger partial charge in [0.25, 0.3) is 0 Å². The van der Waals surface area contributed by atoms with Crippen LogP contribution >= 0.6 is 23.2 Å². The minimum absolute atomic E-state index is 0.000385. The van der Waals surface area contributed by atoms with Gasteiger partial charge >= 0.3 is 0 Å². The van der Waals surface area contributed by atoms with Crippen LogP contribution in [-0.4, -0.2) is 45.8 Å². The molecule has 7 heteroatoms. The van der Waals surface area contributed by atoms with Gasteiger partial charge in [0.2, 0.25) is 5.91 Å². The second-order valence-corrected chi connectivity index (χ2v) is 8.45. The largest absolute Gasteiger partial charge is 0.355 e. The van der Waals surface area contributed by atoms with E-state index in [9.17, 15) is 4.79 Å². The van der Waals surface area contributed by atoms with E-state index in [2.05, 4.69) is 43.0 Å². The average molecular weight is 425 g/mol. The molecular weight excluding hydrogens is 395 g/mol. The number of carbonyl (C=O) groups excluding carboxylic acids is 1. The minimum Gasteiger partial charge on any atom is -0.355 e. The lowest BCUT2D eigenvalue weighted by Crippen LogP contribution is -2.42. The van der Waals surface area contributed by atoms with E-state index < -0.39 is 0 Å². The molecule has 0 bridgehead atoms. The van der Waals surface area contributed by atoms with Gasteiger partial charge in [-0.1, -0.05) is 23.2 Å². The number of hydrogen-bond acceptors (Lipinski definition) is 3. The Bertz CT molecular complexity index is 822. The summed E-state index contributed by atoms with van der Waals surface area (Å²) in [6, 6.07) is 6.20. The molecule has 0 unspecified atom stereocenters. The summed E-state index contributed by atoms with van der Waals surface area (Å²) in [4.78, 5) is 14.8. The summed E-state index contributed by atoms with van der Waals surface area (Å²) in [5, 5.41) is 8.71. The first kappa shape index (κ1) is 22.7. The second kappa shape index (κ2) is 9.77. The zero-order valence-electron chi connectivity index (χ0n) is 17.5. The van der Waals surface area contributed by atoms with Crippen LogP contribution in [0.5, 0.6) is 0 Å². The molecule has 2 rings (SSSR count). The zero-order chi connectivity index (χ0) is 21.0. The Morgan fingerprint density at radius 2 is 1.82 bits per heavy atom. The molecule has 0 saturated heterocycles. The summed E-state index contributed by atoms with van der Waals surface area (Å²) in [7, 11) is 0. The number of halogens is 2. The van der Waals surface area contributed by atoms with E-state index in [-0.39, 0.29) is 5.91 Å². The predicted molar refractivity (Wildman–Crippen MR) is 117 cm³/mol. The first-order chi connectivity index (χ1) is 13.1. The lowest BCUT2D eigenvalue weighted by Gasteiger charge is -2.30. The van der Waals surface area contributed by atoms with Gasteiger partial charge in [-0.2, -0.15) is 5.10 Å². The number of amides is 1. The average Bonchev–Trinajstić information content (AvgIpc) is 2.86. The molecule has 0 atom stereocenters. The number of benzene rings is 1. The van der Waals surface area contributed by atoms with Gasteiger partial charge in [0.15, 0.2) is 0 Å². The van der Waals surface area contributed by atoms with Crippen LogP contribution in [0.4, 0.5) is 0 Å². The fourth-order valence-electron chi connectivity index (χ4n) is 3.48. The van der Waals surface area contributed by atoms with Crippen LogP contribution in [0.25, 0.3) is 5.69 Å². The molecule has 0 radical (unpaired) electrons. The first-order valence-corrected chi connectivity index (χ1v) is 10.4. The molecule has 0 aliphatic rings. The normalized spacial score (nSPS) is 11.7. The Kier molecular flexibility index (Phi) is 7.93. The summed E-state index contributed by atoms with van der Waals surface area (Å²) >= 11 is 12.3. The molecular formula is C21H30Cl2N4O. The second-order valence-electron chi connectivity index (χ2n) is 7.61. The number of nitrogens with one attached hydrogen (secondary N) is 1. The topological polar surface area (TPSA) is 50.2 Å². The number of nitrogens with zero attached hydrogens (tertiary/aromatic N) is 3. The highest BCUT2D eigenvalue weighted by atomic mass is 35.5. The molecule has 2 aromatic rings. The van der Waals surface area contributed by atoms with Crippen LogP contribution < -0.4 is 5.32 Å². The quantitative estimate of drug-likeness (QED) is 0.674. The van der Waals surface area contributed by atoms with E-state index in [0.29, 0.717) is 35.1 Å². The predicted octanol–water partition coefficient (Wildman–Crippen LogP) is 4.57. The van der Waals surface area contributed by atoms with Crippen molar-refractivity contribution in [2.24, 2.45) is 0 Å². The summed E-state index contributed by atoms with van der Waals surface area (Å²) in [6.45, 7) is 14.0. The van der Waals surface area contributed by atoms with Crippen molar-refractivity contribution in [2.45, 2.75) is 60.0 Å². The van der Waals surface area contributed by atoms with Crippen molar-refractivity contribution in [1.29, 1.82) is 0 Å². The summed E-state index contributed by atoms with van der Waals surface area (Å²) in [6.07, 6.45) is 0.298. The lowest BCUT2D eigenvalue weighted by molar-refractivity contribution is -0.120. The summed E-state index contributed by atoms with van der Waals surface area (Å²) in [5.74, 6) is 0.000385. The van der Waals surface area contributed by atoms with Gasteiger partial charge in [-0.05, 0) is 59.7 Å². The molecule has 1 amide bonds. The molecule has 5 nitrogen and oxygen atoms in total. The van der Waals surface area contributed by atoms with Crippen molar-refractivity contribution in [3.8, 4) is 5.69 Å². The summed E-state index contributed by atoms with van der Waals surface area (Å²) in [5.41, 5.74) is 3.41. The highest BCUT2D eigenvalue weighted by Gasteiger charge is 2.18. The molecule has 1 aromatic carbocycles. The Morgan fingerprint density at radius 3 is 2.39 bits per heavy atom. The zero-order valence-corrected chi connectivity index (χ0v) is 19.0. The van der Waals surface area contributed by atoms with Crippen molar-refractivity contribution >= 4 is 29.1 Å². The monoisotopic (exact) mass is 424 g/mol. The molecule has 0 spiro atoms. The number of aromatic nitrogens is 2. The maximum Gasteiger partial charge on any atom is 0.224 e. The highest BCUT2D eigenvalue weighted by Crippen LogP contribution is 2.27. The van der Waals surface area contributed by atoms with Crippen molar-refractivity contribution in [3.05, 3.63) is 45.2 Å². The van der Waals surface area contributed by atoms with E-state index in [1.165, 1.54) is 0 Å². The van der Waals surface area contributed by atoms with Gasteiger partial charge in [-0.25, -0.2) is 4.68 Å². The molecule has 1 heterocycles. The molecule has 0 aliphatic carbocycles. The Hall–Kier alpha value is -1.56. The molecule has 1 N–H and O–H groups in total. The first-order valence-electron chi connectivity index (χ1n) is 9.64. The minimum atomic E-state index is 0.000385. The van der Waals surface area contributed by atoms with E-state index >= 15 is 0 Å². The SMILES string of the molecule is Cc1nn(-c2ccc(Cl)cc2Cl)c(C)c1CC(=O)NCCN(C(C)C)C(C)C. The third-order valence-corrected chi connectivity index (χ3v) is 5.47. The van der Waals surface area contributed by atoms with Crippen molar-refractivity contribution < 1.29 is 4.79 Å². The third-order valence-electron chi connectivity index (χ3n) is 4.94. The Balaban J connectivity index is 2.06. The Morgan fingerprint density at radius 1 is 1.18 bits per heavy atom. The standard InChI is InChI=1S/C21H30Cl2N4O/c1-13(2)26(14(3)4)10-9-24-21(28)12-18-15(5)25-27(16(18)6)20-8-7-17(22)11-19(20)23/h7-8,11,13-14H,9-10,12H2,1-6H3,(H,24,28). The van der Waals surface area contributed by atoms with Gasteiger partial charge in [0.05, 0.1) is 22.8 Å². The van der Waals surface area contributed by atoms with Gasteiger partial charge < -0.3 is 5.32 Å². The molecule has 0 saturated carbocycles. The van der Waals surface area contributed by atoms with Crippen LogP contribution in [0.1, 0.15) is 44.6 Å². The Labute approximate surface area is 178 Å². The van der Waals surface area contributed by atoms with Gasteiger partial charge in [-0.3, -0.25) is 9.69 Å². The maximum absolute atomic E-state index is 12.5. The van der Waals surface area contributed by atoms with Gasteiger partial charge in [-0.15, -0.1) is 0 Å². The fraction of sp³-hybridized carbons (Fsp3) is 0.524. The number of carbonyl (C=O) groups is 1. The van der Waals surface area contributed by atoms with Crippen LogP contribution in [0.15, 0.2) is 18.2 Å². The summed E-state index contributed by atoms with van der Waals surface area (Å²) < 4.78 is 1.77.